The van der Waals surface area contributed by atoms with Crippen molar-refractivity contribution in [2.45, 2.75) is 6.42 Å². The zero-order valence-corrected chi connectivity index (χ0v) is 19.0. The Labute approximate surface area is 190 Å². The number of pyridine rings is 1. The molecule has 31 heavy (non-hydrogen) atoms. The molecule has 0 spiro atoms. The number of nitrogens with one attached hydrogen (secondary N) is 2. The number of nitrogens with zero attached hydrogens (tertiary/aromatic N) is 3. The number of rotatable bonds is 7. The monoisotopic (exact) mass is 463 g/mol. The summed E-state index contributed by atoms with van der Waals surface area (Å²) in [6.07, 6.45) is 2.79. The van der Waals surface area contributed by atoms with Crippen LogP contribution in [0.25, 0.3) is 22.2 Å². The van der Waals surface area contributed by atoms with E-state index in [2.05, 4.69) is 20.6 Å². The molecular formula is C21H23Cl2N5O3. The lowest BCUT2D eigenvalue weighted by Crippen LogP contribution is -2.15. The molecule has 1 saturated heterocycles. The topological polar surface area (TPSA) is 90.4 Å². The van der Waals surface area contributed by atoms with Gasteiger partial charge in [0.15, 0.2) is 5.82 Å². The lowest BCUT2D eigenvalue weighted by molar-refractivity contribution is 0.187. The predicted molar refractivity (Wildman–Crippen MR) is 123 cm³/mol. The minimum absolute atomic E-state index is 0.347. The van der Waals surface area contributed by atoms with Crippen molar-refractivity contribution in [3.05, 3.63) is 28.4 Å². The highest BCUT2D eigenvalue weighted by Crippen LogP contribution is 2.46. The second-order valence-electron chi connectivity index (χ2n) is 7.13. The van der Waals surface area contributed by atoms with Gasteiger partial charge >= 0.3 is 0 Å². The molecule has 1 atom stereocenters. The molecule has 1 aliphatic rings. The van der Waals surface area contributed by atoms with E-state index in [0.717, 1.165) is 31.6 Å². The van der Waals surface area contributed by atoms with Gasteiger partial charge in [0.2, 0.25) is 5.95 Å². The number of aromatic nitrogens is 3. The average Bonchev–Trinajstić information content (AvgIpc) is 3.31. The van der Waals surface area contributed by atoms with Gasteiger partial charge in [-0.15, -0.1) is 0 Å². The number of anilines is 2. The third-order valence-electron chi connectivity index (χ3n) is 5.21. The molecular weight excluding hydrogens is 441 g/mol. The van der Waals surface area contributed by atoms with Crippen LogP contribution < -0.4 is 20.1 Å². The minimum atomic E-state index is 0.347. The normalized spacial score (nSPS) is 15.8. The molecule has 0 amide bonds. The molecule has 0 aliphatic carbocycles. The SMILES string of the molecule is CNc1nc(-c2c(Cl)c(OC)cc(OC)c2Cl)cc2cnc(NCC3CCOC3)nc12. The molecule has 2 N–H and O–H groups in total. The van der Waals surface area contributed by atoms with Crippen LogP contribution in [0.4, 0.5) is 11.8 Å². The van der Waals surface area contributed by atoms with Crippen molar-refractivity contribution in [3.63, 3.8) is 0 Å². The molecule has 1 fully saturated rings. The van der Waals surface area contributed by atoms with Crippen LogP contribution in [0.1, 0.15) is 6.42 Å². The van der Waals surface area contributed by atoms with Gasteiger partial charge in [-0.1, -0.05) is 23.2 Å². The maximum atomic E-state index is 6.58. The Hall–Kier alpha value is -2.55. The Balaban J connectivity index is 1.76. The van der Waals surface area contributed by atoms with E-state index in [0.29, 0.717) is 56.0 Å². The van der Waals surface area contributed by atoms with Gasteiger partial charge in [0.1, 0.15) is 17.0 Å². The van der Waals surface area contributed by atoms with Crippen LogP contribution in [0, 0.1) is 5.92 Å². The number of fused-ring (bicyclic) bond motifs is 1. The summed E-state index contributed by atoms with van der Waals surface area (Å²) in [7, 11) is 4.85. The molecule has 4 rings (SSSR count). The molecule has 3 aromatic rings. The summed E-state index contributed by atoms with van der Waals surface area (Å²) in [6, 6.07) is 3.49. The predicted octanol–water partition coefficient (Wildman–Crippen LogP) is 4.51. The second kappa shape index (κ2) is 9.30. The zero-order chi connectivity index (χ0) is 22.0. The van der Waals surface area contributed by atoms with Gasteiger partial charge in [-0.25, -0.2) is 15.0 Å². The molecule has 8 nitrogen and oxygen atoms in total. The average molecular weight is 464 g/mol. The smallest absolute Gasteiger partial charge is 0.223 e. The maximum absolute atomic E-state index is 6.58. The van der Waals surface area contributed by atoms with Gasteiger partial charge in [0.25, 0.3) is 0 Å². The van der Waals surface area contributed by atoms with Crippen LogP contribution in [0.5, 0.6) is 11.5 Å². The summed E-state index contributed by atoms with van der Waals surface area (Å²) in [5, 5.41) is 7.88. The standard InChI is InChI=1S/C21H23Cl2N5O3/c1-24-20-19-12(9-26-21(28-19)25-8-11-4-5-31-10-11)6-13(27-20)16-17(22)14(29-2)7-15(30-3)18(16)23/h6-7,9,11H,4-5,8,10H2,1-3H3,(H,24,27)(H,25,26,28). The van der Waals surface area contributed by atoms with E-state index in [-0.39, 0.29) is 0 Å². The van der Waals surface area contributed by atoms with E-state index in [1.165, 1.54) is 14.2 Å². The maximum Gasteiger partial charge on any atom is 0.223 e. The van der Waals surface area contributed by atoms with Crippen molar-refractivity contribution >= 4 is 45.9 Å². The van der Waals surface area contributed by atoms with Crippen LogP contribution >= 0.6 is 23.2 Å². The highest BCUT2D eigenvalue weighted by Gasteiger charge is 2.21. The highest BCUT2D eigenvalue weighted by atomic mass is 35.5. The second-order valence-corrected chi connectivity index (χ2v) is 7.89. The largest absolute Gasteiger partial charge is 0.495 e. The van der Waals surface area contributed by atoms with Crippen molar-refractivity contribution in [1.82, 2.24) is 15.0 Å². The van der Waals surface area contributed by atoms with E-state index < -0.39 is 0 Å². The molecule has 1 unspecified atom stereocenters. The third-order valence-corrected chi connectivity index (χ3v) is 5.96. The number of hydrogen-bond acceptors (Lipinski definition) is 8. The van der Waals surface area contributed by atoms with Crippen molar-refractivity contribution in [2.24, 2.45) is 5.92 Å². The molecule has 164 valence electrons. The van der Waals surface area contributed by atoms with Gasteiger partial charge in [-0.05, 0) is 12.5 Å². The first-order chi connectivity index (χ1) is 15.0. The van der Waals surface area contributed by atoms with Crippen LogP contribution in [0.15, 0.2) is 18.3 Å². The van der Waals surface area contributed by atoms with E-state index in [1.807, 2.05) is 6.07 Å². The van der Waals surface area contributed by atoms with Gasteiger partial charge in [-0.3, -0.25) is 0 Å². The van der Waals surface area contributed by atoms with Crippen molar-refractivity contribution < 1.29 is 14.2 Å². The fourth-order valence-electron chi connectivity index (χ4n) is 3.52. The summed E-state index contributed by atoms with van der Waals surface area (Å²) in [6.45, 7) is 2.33. The number of methoxy groups -OCH3 is 2. The lowest BCUT2D eigenvalue weighted by atomic mass is 10.1. The van der Waals surface area contributed by atoms with Crippen LogP contribution in [0.3, 0.4) is 0 Å². The van der Waals surface area contributed by atoms with Gasteiger partial charge in [0, 0.05) is 49.3 Å². The molecule has 2 aromatic heterocycles. The Kier molecular flexibility index (Phi) is 6.50. The Morgan fingerprint density at radius 3 is 2.48 bits per heavy atom. The van der Waals surface area contributed by atoms with Gasteiger partial charge in [-0.2, -0.15) is 0 Å². The third kappa shape index (κ3) is 4.28. The Morgan fingerprint density at radius 2 is 1.87 bits per heavy atom. The Bertz CT molecular complexity index is 1080. The minimum Gasteiger partial charge on any atom is -0.495 e. The summed E-state index contributed by atoms with van der Waals surface area (Å²) < 4.78 is 16.2. The van der Waals surface area contributed by atoms with Crippen molar-refractivity contribution in [3.8, 4) is 22.8 Å². The molecule has 0 saturated carbocycles. The highest BCUT2D eigenvalue weighted by molar-refractivity contribution is 6.41. The molecule has 3 heterocycles. The van der Waals surface area contributed by atoms with E-state index in [9.17, 15) is 0 Å². The molecule has 1 aromatic carbocycles. The first kappa shape index (κ1) is 21.7. The summed E-state index contributed by atoms with van der Waals surface area (Å²) in [5.41, 5.74) is 1.76. The lowest BCUT2D eigenvalue weighted by Gasteiger charge is -2.16. The fraction of sp³-hybridized carbons (Fsp3) is 0.381. The van der Waals surface area contributed by atoms with Crippen LogP contribution in [0.2, 0.25) is 10.0 Å². The Morgan fingerprint density at radius 1 is 1.13 bits per heavy atom. The molecule has 0 radical (unpaired) electrons. The van der Waals surface area contributed by atoms with Crippen LogP contribution in [-0.4, -0.2) is 56.0 Å². The quantitative estimate of drug-likeness (QED) is 0.528. The first-order valence-electron chi connectivity index (χ1n) is 9.83. The molecule has 10 heteroatoms. The van der Waals surface area contributed by atoms with Crippen molar-refractivity contribution in [1.29, 1.82) is 0 Å². The molecule has 0 bridgehead atoms. The van der Waals surface area contributed by atoms with Gasteiger partial charge < -0.3 is 24.8 Å². The van der Waals surface area contributed by atoms with E-state index in [4.69, 9.17) is 42.4 Å². The fourth-order valence-corrected chi connectivity index (χ4v) is 4.21. The summed E-state index contributed by atoms with van der Waals surface area (Å²) in [5.74, 6) is 2.48. The van der Waals surface area contributed by atoms with Crippen LogP contribution in [-0.2, 0) is 4.74 Å². The van der Waals surface area contributed by atoms with Crippen molar-refractivity contribution in [2.75, 3.05) is 51.7 Å². The van der Waals surface area contributed by atoms with E-state index in [1.54, 1.807) is 19.3 Å². The first-order valence-corrected chi connectivity index (χ1v) is 10.6. The molecule has 1 aliphatic heterocycles. The summed E-state index contributed by atoms with van der Waals surface area (Å²) >= 11 is 13.2. The number of ether oxygens (including phenoxy) is 3. The number of halogens is 2. The van der Waals surface area contributed by atoms with E-state index >= 15 is 0 Å². The zero-order valence-electron chi connectivity index (χ0n) is 17.5. The van der Waals surface area contributed by atoms with Gasteiger partial charge in [0.05, 0.1) is 36.6 Å². The number of hydrogen-bond donors (Lipinski definition) is 2. The summed E-state index contributed by atoms with van der Waals surface area (Å²) in [4.78, 5) is 13.8. The number of benzene rings is 1.